The molecule has 3 aromatic rings. The molecule has 2 aliphatic rings. The highest BCUT2D eigenvalue weighted by molar-refractivity contribution is 6.06. The number of hydrogen-bond donors (Lipinski definition) is 2. The number of amides is 4. The van der Waals surface area contributed by atoms with Crippen LogP contribution in [0, 0.1) is 6.92 Å². The second-order valence-corrected chi connectivity index (χ2v) is 9.73. The number of nitrogens with zero attached hydrogens (tertiary/aromatic N) is 3. The molecule has 0 atom stereocenters. The summed E-state index contributed by atoms with van der Waals surface area (Å²) in [6, 6.07) is 22.0. The molecule has 4 amide bonds. The van der Waals surface area contributed by atoms with Gasteiger partial charge in [0.25, 0.3) is 11.8 Å². The van der Waals surface area contributed by atoms with Gasteiger partial charge in [0.2, 0.25) is 0 Å². The van der Waals surface area contributed by atoms with Crippen molar-refractivity contribution in [2.45, 2.75) is 6.92 Å². The number of ether oxygens (including phenoxy) is 1. The molecule has 202 valence electrons. The normalized spacial score (nSPS) is 15.6. The largest absolute Gasteiger partial charge is 0.378 e. The molecule has 0 spiro atoms. The minimum absolute atomic E-state index is 0.0938. The molecule has 0 radical (unpaired) electrons. The van der Waals surface area contributed by atoms with Gasteiger partial charge in [-0.15, -0.1) is 0 Å². The van der Waals surface area contributed by atoms with Crippen LogP contribution in [0.2, 0.25) is 0 Å². The maximum absolute atomic E-state index is 13.6. The topological polar surface area (TPSA) is 94.2 Å². The summed E-state index contributed by atoms with van der Waals surface area (Å²) in [7, 11) is 0. The molecule has 0 unspecified atom stereocenters. The lowest BCUT2D eigenvalue weighted by molar-refractivity contribution is 0.0303. The SMILES string of the molecule is Cc1cccc(NC(=O)N2CCN(c3ccc(NC(=O)c4ccccc4)cc3C(=O)N3CCOCC3)CC2)c1. The third-order valence-electron chi connectivity index (χ3n) is 7.00. The van der Waals surface area contributed by atoms with E-state index >= 15 is 0 Å². The van der Waals surface area contributed by atoms with Crippen molar-refractivity contribution in [1.29, 1.82) is 0 Å². The third-order valence-corrected chi connectivity index (χ3v) is 7.00. The smallest absolute Gasteiger partial charge is 0.321 e. The molecule has 2 saturated heterocycles. The van der Waals surface area contributed by atoms with Gasteiger partial charge in [0.1, 0.15) is 0 Å². The van der Waals surface area contributed by atoms with Gasteiger partial charge >= 0.3 is 6.03 Å². The minimum atomic E-state index is -0.235. The first-order valence-corrected chi connectivity index (χ1v) is 13.2. The molecule has 3 aromatic carbocycles. The summed E-state index contributed by atoms with van der Waals surface area (Å²) in [4.78, 5) is 44.9. The molecule has 0 bridgehead atoms. The number of nitrogens with one attached hydrogen (secondary N) is 2. The summed E-state index contributed by atoms with van der Waals surface area (Å²) in [6.45, 7) is 6.24. The number of piperazine rings is 1. The van der Waals surface area contributed by atoms with Crippen LogP contribution >= 0.6 is 0 Å². The quantitative estimate of drug-likeness (QED) is 0.522. The van der Waals surface area contributed by atoms with Crippen molar-refractivity contribution in [3.63, 3.8) is 0 Å². The highest BCUT2D eigenvalue weighted by Gasteiger charge is 2.27. The Hall–Kier alpha value is -4.37. The predicted molar refractivity (Wildman–Crippen MR) is 152 cm³/mol. The van der Waals surface area contributed by atoms with Gasteiger partial charge in [0.15, 0.2) is 0 Å². The third kappa shape index (κ3) is 6.38. The maximum atomic E-state index is 13.6. The Labute approximate surface area is 228 Å². The van der Waals surface area contributed by atoms with Gasteiger partial charge in [-0.05, 0) is 55.0 Å². The van der Waals surface area contributed by atoms with Crippen LogP contribution in [0.3, 0.4) is 0 Å². The Morgan fingerprint density at radius 1 is 0.718 bits per heavy atom. The van der Waals surface area contributed by atoms with Gasteiger partial charge in [-0.3, -0.25) is 9.59 Å². The van der Waals surface area contributed by atoms with Crippen LogP contribution in [-0.4, -0.2) is 80.1 Å². The summed E-state index contributed by atoms with van der Waals surface area (Å²) in [5, 5.41) is 5.90. The van der Waals surface area contributed by atoms with Crippen LogP contribution in [0.1, 0.15) is 26.3 Å². The highest BCUT2D eigenvalue weighted by atomic mass is 16.5. The van der Waals surface area contributed by atoms with Crippen LogP contribution in [0.25, 0.3) is 0 Å². The minimum Gasteiger partial charge on any atom is -0.378 e. The molecule has 2 N–H and O–H groups in total. The van der Waals surface area contributed by atoms with Crippen LogP contribution in [0.15, 0.2) is 72.8 Å². The fourth-order valence-electron chi connectivity index (χ4n) is 4.87. The van der Waals surface area contributed by atoms with Gasteiger partial charge in [-0.2, -0.15) is 0 Å². The van der Waals surface area contributed by atoms with Crippen LogP contribution in [-0.2, 0) is 4.74 Å². The summed E-state index contributed by atoms with van der Waals surface area (Å²) in [6.07, 6.45) is 0. The van der Waals surface area contributed by atoms with E-state index in [0.717, 1.165) is 16.9 Å². The zero-order valence-electron chi connectivity index (χ0n) is 22.1. The molecule has 39 heavy (non-hydrogen) atoms. The number of hydrogen-bond acceptors (Lipinski definition) is 5. The van der Waals surface area contributed by atoms with E-state index < -0.39 is 0 Å². The number of benzene rings is 3. The van der Waals surface area contributed by atoms with Crippen molar-refractivity contribution in [2.24, 2.45) is 0 Å². The van der Waals surface area contributed by atoms with Crippen molar-refractivity contribution in [2.75, 3.05) is 68.0 Å². The fourth-order valence-corrected chi connectivity index (χ4v) is 4.87. The maximum Gasteiger partial charge on any atom is 0.321 e. The lowest BCUT2D eigenvalue weighted by Gasteiger charge is -2.37. The van der Waals surface area contributed by atoms with Gasteiger partial charge in [0, 0.05) is 61.9 Å². The molecule has 0 aliphatic carbocycles. The second-order valence-electron chi connectivity index (χ2n) is 9.73. The highest BCUT2D eigenvalue weighted by Crippen LogP contribution is 2.28. The van der Waals surface area contributed by atoms with E-state index in [-0.39, 0.29) is 17.8 Å². The zero-order chi connectivity index (χ0) is 27.2. The molecule has 9 heteroatoms. The van der Waals surface area contributed by atoms with Gasteiger partial charge in [0.05, 0.1) is 18.8 Å². The molecule has 2 heterocycles. The van der Waals surface area contributed by atoms with E-state index in [9.17, 15) is 14.4 Å². The summed E-state index contributed by atoms with van der Waals surface area (Å²) in [5.41, 5.74) is 4.28. The van der Waals surface area contributed by atoms with E-state index in [2.05, 4.69) is 15.5 Å². The molecule has 0 aromatic heterocycles. The van der Waals surface area contributed by atoms with Crippen molar-refractivity contribution in [1.82, 2.24) is 9.80 Å². The number of carbonyl (C=O) groups is 3. The number of carbonyl (C=O) groups excluding carboxylic acids is 3. The average molecular weight is 528 g/mol. The van der Waals surface area contributed by atoms with Crippen molar-refractivity contribution in [3.8, 4) is 0 Å². The number of morpholine rings is 1. The van der Waals surface area contributed by atoms with Crippen molar-refractivity contribution in [3.05, 3.63) is 89.5 Å². The first-order valence-electron chi connectivity index (χ1n) is 13.2. The van der Waals surface area contributed by atoms with E-state index in [1.807, 2.05) is 61.5 Å². The molecule has 5 rings (SSSR count). The molecule has 9 nitrogen and oxygen atoms in total. The van der Waals surface area contributed by atoms with E-state index in [1.165, 1.54) is 0 Å². The standard InChI is InChI=1S/C30H33N5O4/c1-22-6-5-9-24(20-22)32-30(38)35-14-12-33(13-15-35)27-11-10-25(31-28(36)23-7-3-2-4-8-23)21-26(27)29(37)34-16-18-39-19-17-34/h2-11,20-21H,12-19H2,1H3,(H,31,36)(H,32,38). The number of rotatable bonds is 5. The van der Waals surface area contributed by atoms with E-state index in [0.29, 0.717) is 69.3 Å². The van der Waals surface area contributed by atoms with Gasteiger partial charge in [-0.1, -0.05) is 30.3 Å². The molecule has 2 fully saturated rings. The first-order chi connectivity index (χ1) is 19.0. The number of aryl methyl sites for hydroxylation is 1. The van der Waals surface area contributed by atoms with Crippen LogP contribution in [0.5, 0.6) is 0 Å². The molecule has 0 saturated carbocycles. The van der Waals surface area contributed by atoms with E-state index in [1.54, 1.807) is 28.0 Å². The molecular formula is C30H33N5O4. The van der Waals surface area contributed by atoms with Gasteiger partial charge in [-0.25, -0.2) is 4.79 Å². The lowest BCUT2D eigenvalue weighted by Crippen LogP contribution is -2.50. The number of urea groups is 1. The van der Waals surface area contributed by atoms with E-state index in [4.69, 9.17) is 4.74 Å². The predicted octanol–water partition coefficient (Wildman–Crippen LogP) is 4.07. The van der Waals surface area contributed by atoms with Crippen LogP contribution < -0.4 is 15.5 Å². The Morgan fingerprint density at radius 2 is 1.44 bits per heavy atom. The summed E-state index contributed by atoms with van der Waals surface area (Å²) >= 11 is 0. The van der Waals surface area contributed by atoms with Gasteiger partial charge < -0.3 is 30.1 Å². The Morgan fingerprint density at radius 3 is 2.15 bits per heavy atom. The number of anilines is 3. The summed E-state index contributed by atoms with van der Waals surface area (Å²) < 4.78 is 5.44. The lowest BCUT2D eigenvalue weighted by atomic mass is 10.1. The Balaban J connectivity index is 1.31. The second kappa shape index (κ2) is 12.0. The first kappa shape index (κ1) is 26.2. The fraction of sp³-hybridized carbons (Fsp3) is 0.300. The van der Waals surface area contributed by atoms with Crippen molar-refractivity contribution >= 4 is 34.9 Å². The van der Waals surface area contributed by atoms with Crippen molar-refractivity contribution < 1.29 is 19.1 Å². The summed E-state index contributed by atoms with van der Waals surface area (Å²) in [5.74, 6) is -0.329. The Kier molecular flexibility index (Phi) is 8.07. The zero-order valence-corrected chi connectivity index (χ0v) is 22.1. The van der Waals surface area contributed by atoms with Crippen LogP contribution in [0.4, 0.5) is 21.9 Å². The average Bonchev–Trinajstić information content (AvgIpc) is 2.98. The molecular weight excluding hydrogens is 494 g/mol. The monoisotopic (exact) mass is 527 g/mol. The Bertz CT molecular complexity index is 1330. The molecule has 2 aliphatic heterocycles.